The average Bonchev–Trinajstić information content (AvgIpc) is 3.55. The van der Waals surface area contributed by atoms with Crippen molar-refractivity contribution in [3.63, 3.8) is 0 Å². The van der Waals surface area contributed by atoms with Gasteiger partial charge in [0.25, 0.3) is 5.91 Å². The monoisotopic (exact) mass is 448 g/mol. The van der Waals surface area contributed by atoms with Gasteiger partial charge in [-0.15, -0.1) is 10.2 Å². The fourth-order valence-electron chi connectivity index (χ4n) is 3.34. The highest BCUT2D eigenvalue weighted by atomic mass is 19.4. The van der Waals surface area contributed by atoms with Gasteiger partial charge in [-0.1, -0.05) is 12.1 Å². The molecule has 3 heterocycles. The molecule has 1 aromatic carbocycles. The van der Waals surface area contributed by atoms with Crippen LogP contribution in [0.1, 0.15) is 35.1 Å². The Morgan fingerprint density at radius 3 is 2.67 bits per heavy atom. The summed E-state index contributed by atoms with van der Waals surface area (Å²) in [6, 6.07) is 14.8. The number of aromatic nitrogens is 5. The molecule has 0 radical (unpaired) electrons. The molecule has 0 unspecified atom stereocenters. The molecule has 1 N–H and O–H groups in total. The molecule has 0 bridgehead atoms. The molecule has 10 heteroatoms. The van der Waals surface area contributed by atoms with Crippen LogP contribution in [0.3, 0.4) is 0 Å². The fourth-order valence-corrected chi connectivity index (χ4v) is 3.34. The molecule has 4 aromatic rings. The first-order valence-electron chi connectivity index (χ1n) is 10.0. The Hall–Kier alpha value is -4.26. The summed E-state index contributed by atoms with van der Waals surface area (Å²) >= 11 is 0. The Morgan fingerprint density at radius 2 is 1.94 bits per heavy atom. The normalized spacial score (nSPS) is 13.4. The first-order valence-corrected chi connectivity index (χ1v) is 10.0. The molecule has 0 aliphatic heterocycles. The molecular weight excluding hydrogens is 433 g/mol. The van der Waals surface area contributed by atoms with Crippen LogP contribution in [0.4, 0.5) is 18.9 Å². The van der Waals surface area contributed by atoms with E-state index in [1.54, 1.807) is 24.5 Å². The standard InChI is InChI=1S/C23H15F3N6O/c24-23(25,26)20-7-4-16(12-28-20)14-8-9-27-19(11-14)22(33)30-17-3-1-2-15(10-17)21-31-29-13-32(21)18-5-6-18/h2,4,7-13,18H,5-6H2,(H,30,33). The summed E-state index contributed by atoms with van der Waals surface area (Å²) in [4.78, 5) is 20.3. The Bertz CT molecular complexity index is 1310. The molecule has 33 heavy (non-hydrogen) atoms. The van der Waals surface area contributed by atoms with Gasteiger partial charge in [0.15, 0.2) is 5.82 Å². The van der Waals surface area contributed by atoms with E-state index in [2.05, 4.69) is 37.6 Å². The minimum Gasteiger partial charge on any atom is -0.314 e. The van der Waals surface area contributed by atoms with Crippen molar-refractivity contribution >= 4 is 11.6 Å². The maximum Gasteiger partial charge on any atom is 0.433 e. The van der Waals surface area contributed by atoms with E-state index in [9.17, 15) is 18.0 Å². The number of hydrogen-bond donors (Lipinski definition) is 1. The van der Waals surface area contributed by atoms with Gasteiger partial charge in [-0.05, 0) is 54.8 Å². The van der Waals surface area contributed by atoms with Gasteiger partial charge < -0.3 is 9.88 Å². The number of anilines is 1. The smallest absolute Gasteiger partial charge is 0.314 e. The minimum absolute atomic E-state index is 0.0901. The number of hydrogen-bond acceptors (Lipinski definition) is 5. The number of carbonyl (C=O) groups is 1. The van der Waals surface area contributed by atoms with Gasteiger partial charge in [0.05, 0.1) is 5.69 Å². The molecule has 1 saturated carbocycles. The van der Waals surface area contributed by atoms with E-state index in [0.29, 0.717) is 28.7 Å². The van der Waals surface area contributed by atoms with Gasteiger partial charge in [-0.25, -0.2) is 0 Å². The van der Waals surface area contributed by atoms with E-state index in [0.717, 1.165) is 30.7 Å². The minimum atomic E-state index is -4.52. The van der Waals surface area contributed by atoms with Crippen LogP contribution in [0.15, 0.2) is 55.1 Å². The second kappa shape index (κ2) is 8.02. The topological polar surface area (TPSA) is 85.6 Å². The van der Waals surface area contributed by atoms with Crippen LogP contribution < -0.4 is 5.32 Å². The highest BCUT2D eigenvalue weighted by molar-refractivity contribution is 6.03. The Balaban J connectivity index is 1.35. The first kappa shape index (κ1) is 20.6. The lowest BCUT2D eigenvalue weighted by atomic mass is 10.1. The SMILES string of the molecule is O=C(Nc1c#ccc(-c2nncn2C2CC2)c1)c1cc(-c2ccc(C(F)(F)F)nc2)ccn1. The second-order valence-electron chi connectivity index (χ2n) is 7.53. The lowest BCUT2D eigenvalue weighted by Crippen LogP contribution is -2.13. The van der Waals surface area contributed by atoms with Crippen molar-refractivity contribution in [1.82, 2.24) is 24.7 Å². The predicted molar refractivity (Wildman–Crippen MR) is 112 cm³/mol. The second-order valence-corrected chi connectivity index (χ2v) is 7.53. The summed E-state index contributed by atoms with van der Waals surface area (Å²) in [5.74, 6) is 0.190. The third-order valence-corrected chi connectivity index (χ3v) is 5.13. The van der Waals surface area contributed by atoms with Crippen molar-refractivity contribution in [2.24, 2.45) is 0 Å². The Labute approximate surface area is 186 Å². The molecule has 0 atom stereocenters. The van der Waals surface area contributed by atoms with Crippen molar-refractivity contribution in [2.45, 2.75) is 25.1 Å². The van der Waals surface area contributed by atoms with Crippen LogP contribution >= 0.6 is 0 Å². The zero-order valence-electron chi connectivity index (χ0n) is 17.0. The highest BCUT2D eigenvalue weighted by Gasteiger charge is 2.32. The van der Waals surface area contributed by atoms with Crippen LogP contribution in [0.2, 0.25) is 0 Å². The molecule has 164 valence electrons. The molecule has 1 fully saturated rings. The molecular formula is C23H15F3N6O. The molecule has 1 aliphatic rings. The van der Waals surface area contributed by atoms with Crippen LogP contribution in [-0.2, 0) is 6.18 Å². The number of amides is 1. The van der Waals surface area contributed by atoms with Gasteiger partial charge in [-0.3, -0.25) is 14.8 Å². The zero-order chi connectivity index (χ0) is 23.0. The van der Waals surface area contributed by atoms with Crippen molar-refractivity contribution in [3.8, 4) is 22.5 Å². The van der Waals surface area contributed by atoms with Crippen LogP contribution in [0, 0.1) is 12.1 Å². The third-order valence-electron chi connectivity index (χ3n) is 5.13. The lowest BCUT2D eigenvalue weighted by molar-refractivity contribution is -0.141. The summed E-state index contributed by atoms with van der Waals surface area (Å²) < 4.78 is 40.2. The van der Waals surface area contributed by atoms with Crippen molar-refractivity contribution in [1.29, 1.82) is 0 Å². The van der Waals surface area contributed by atoms with Crippen LogP contribution in [0.25, 0.3) is 22.5 Å². The number of nitrogens with one attached hydrogen (secondary N) is 1. The molecule has 0 spiro atoms. The van der Waals surface area contributed by atoms with E-state index in [-0.39, 0.29) is 5.69 Å². The van der Waals surface area contributed by atoms with E-state index in [1.807, 2.05) is 4.57 Å². The number of pyridine rings is 2. The quantitative estimate of drug-likeness (QED) is 0.482. The largest absolute Gasteiger partial charge is 0.433 e. The molecule has 1 aliphatic carbocycles. The maximum atomic E-state index is 12.8. The van der Waals surface area contributed by atoms with E-state index in [4.69, 9.17) is 0 Å². The number of nitrogens with zero attached hydrogens (tertiary/aromatic N) is 5. The van der Waals surface area contributed by atoms with Gasteiger partial charge in [-0.2, -0.15) is 13.2 Å². The molecule has 1 amide bonds. The molecule has 3 aromatic heterocycles. The summed E-state index contributed by atoms with van der Waals surface area (Å²) in [5.41, 5.74) is 1.17. The van der Waals surface area contributed by atoms with E-state index < -0.39 is 17.8 Å². The van der Waals surface area contributed by atoms with Gasteiger partial charge >= 0.3 is 6.18 Å². The Kier molecular flexibility index (Phi) is 5.01. The zero-order valence-corrected chi connectivity index (χ0v) is 17.0. The summed E-state index contributed by atoms with van der Waals surface area (Å²) in [5, 5.41) is 10.9. The summed E-state index contributed by atoms with van der Waals surface area (Å²) in [6.07, 6.45) is 1.85. The number of carbonyl (C=O) groups excluding carboxylic acids is 1. The van der Waals surface area contributed by atoms with E-state index in [1.165, 1.54) is 18.3 Å². The lowest BCUT2D eigenvalue weighted by Gasteiger charge is -2.08. The number of rotatable bonds is 5. The van der Waals surface area contributed by atoms with Gasteiger partial charge in [0.2, 0.25) is 0 Å². The maximum absolute atomic E-state index is 12.8. The highest BCUT2D eigenvalue weighted by Crippen LogP contribution is 2.37. The summed E-state index contributed by atoms with van der Waals surface area (Å²) in [6.45, 7) is 0. The fraction of sp³-hybridized carbons (Fsp3) is 0.174. The van der Waals surface area contributed by atoms with Gasteiger partial charge in [0.1, 0.15) is 17.7 Å². The van der Waals surface area contributed by atoms with E-state index >= 15 is 0 Å². The van der Waals surface area contributed by atoms with Crippen molar-refractivity contribution in [2.75, 3.05) is 5.32 Å². The first-order chi connectivity index (χ1) is 15.9. The van der Waals surface area contributed by atoms with Crippen LogP contribution in [-0.4, -0.2) is 30.6 Å². The predicted octanol–water partition coefficient (Wildman–Crippen LogP) is 4.61. The van der Waals surface area contributed by atoms with Crippen LogP contribution in [0.5, 0.6) is 0 Å². The van der Waals surface area contributed by atoms with Gasteiger partial charge in [0, 0.05) is 29.6 Å². The molecule has 0 saturated heterocycles. The third kappa shape index (κ3) is 4.39. The average molecular weight is 448 g/mol. The molecule has 7 nitrogen and oxygen atoms in total. The van der Waals surface area contributed by atoms with Crippen molar-refractivity contribution < 1.29 is 18.0 Å². The molecule has 5 rings (SSSR count). The number of halogens is 3. The van der Waals surface area contributed by atoms with Crippen molar-refractivity contribution in [3.05, 3.63) is 78.6 Å². The Morgan fingerprint density at radius 1 is 1.09 bits per heavy atom. The summed E-state index contributed by atoms with van der Waals surface area (Å²) in [7, 11) is 0. The number of alkyl halides is 3.